The molecule has 2 aromatic rings. The number of hydrogen-bond acceptors (Lipinski definition) is 8. The minimum Gasteiger partial charge on any atom is -0.475 e. The van der Waals surface area contributed by atoms with Gasteiger partial charge in [-0.05, 0) is 59.2 Å². The predicted octanol–water partition coefficient (Wildman–Crippen LogP) is 4.02. The number of amides is 1. The number of rotatable bonds is 7. The highest BCUT2D eigenvalue weighted by atomic mass is 16.6. The molecule has 3 aliphatic rings. The number of anilines is 1. The first-order valence-corrected chi connectivity index (χ1v) is 14.0. The molecule has 1 amide bonds. The Morgan fingerprint density at radius 3 is 2.64 bits per heavy atom. The van der Waals surface area contributed by atoms with E-state index in [1.165, 1.54) is 5.56 Å². The van der Waals surface area contributed by atoms with Crippen molar-refractivity contribution < 1.29 is 14.3 Å². The van der Waals surface area contributed by atoms with Crippen LogP contribution in [-0.2, 0) is 24.2 Å². The molecule has 0 radical (unpaired) electrons. The third kappa shape index (κ3) is 6.45. The number of aromatic nitrogens is 1. The molecule has 0 spiro atoms. The van der Waals surface area contributed by atoms with Crippen LogP contribution in [-0.4, -0.2) is 83.3 Å². The molecule has 5 rings (SSSR count). The van der Waals surface area contributed by atoms with Gasteiger partial charge in [-0.1, -0.05) is 30.3 Å². The molecule has 0 aliphatic carbocycles. The van der Waals surface area contributed by atoms with Crippen LogP contribution in [0.3, 0.4) is 0 Å². The van der Waals surface area contributed by atoms with Crippen LogP contribution in [0, 0.1) is 11.3 Å². The smallest absolute Gasteiger partial charge is 0.410 e. The van der Waals surface area contributed by atoms with E-state index in [2.05, 4.69) is 52.5 Å². The Morgan fingerprint density at radius 1 is 1.21 bits per heavy atom. The van der Waals surface area contributed by atoms with Crippen molar-refractivity contribution in [3.8, 4) is 11.9 Å². The SMILES string of the molecule is CN1CCC[C@H]1COc1nc2c(c(NC3CN(C(=O)OC(C)(C)C)C3)c1C#N)CCN(Cc1ccccc1)C2. The van der Waals surface area contributed by atoms with Crippen molar-refractivity contribution in [3.63, 3.8) is 0 Å². The van der Waals surface area contributed by atoms with E-state index in [9.17, 15) is 10.1 Å². The molecule has 2 saturated heterocycles. The van der Waals surface area contributed by atoms with E-state index in [1.54, 1.807) is 4.90 Å². The molecule has 208 valence electrons. The van der Waals surface area contributed by atoms with Gasteiger partial charge in [-0.2, -0.15) is 5.26 Å². The number of nitrogens with zero attached hydrogens (tertiary/aromatic N) is 5. The number of likely N-dealkylation sites (N-methyl/N-ethyl adjacent to an activating group) is 1. The van der Waals surface area contributed by atoms with Crippen molar-refractivity contribution in [2.75, 3.05) is 45.2 Å². The maximum absolute atomic E-state index is 12.5. The monoisotopic (exact) mass is 532 g/mol. The molecule has 0 saturated carbocycles. The number of hydrogen-bond donors (Lipinski definition) is 1. The molecular formula is C30H40N6O3. The van der Waals surface area contributed by atoms with Gasteiger partial charge in [0, 0.05) is 44.3 Å². The number of carbonyl (C=O) groups excluding carboxylic acids is 1. The summed E-state index contributed by atoms with van der Waals surface area (Å²) in [5.74, 6) is 0.406. The Bertz CT molecular complexity index is 1220. The first-order valence-electron chi connectivity index (χ1n) is 14.0. The molecule has 0 bridgehead atoms. The molecule has 9 nitrogen and oxygen atoms in total. The van der Waals surface area contributed by atoms with Crippen molar-refractivity contribution in [1.29, 1.82) is 5.26 Å². The van der Waals surface area contributed by atoms with Crippen LogP contribution in [0.5, 0.6) is 5.88 Å². The zero-order valence-corrected chi connectivity index (χ0v) is 23.6. The topological polar surface area (TPSA) is 94.0 Å². The van der Waals surface area contributed by atoms with Crippen LogP contribution < -0.4 is 10.1 Å². The van der Waals surface area contributed by atoms with E-state index >= 15 is 0 Å². The quantitative estimate of drug-likeness (QED) is 0.572. The van der Waals surface area contributed by atoms with E-state index in [0.29, 0.717) is 43.7 Å². The van der Waals surface area contributed by atoms with Crippen LogP contribution in [0.25, 0.3) is 0 Å². The highest BCUT2D eigenvalue weighted by Crippen LogP contribution is 2.35. The van der Waals surface area contributed by atoms with Crippen LogP contribution >= 0.6 is 0 Å². The molecule has 1 atom stereocenters. The number of likely N-dealkylation sites (tertiary alicyclic amines) is 2. The summed E-state index contributed by atoms with van der Waals surface area (Å²) in [6, 6.07) is 13.2. The largest absolute Gasteiger partial charge is 0.475 e. The Kier molecular flexibility index (Phi) is 7.96. The van der Waals surface area contributed by atoms with Gasteiger partial charge < -0.3 is 24.6 Å². The summed E-state index contributed by atoms with van der Waals surface area (Å²) < 4.78 is 11.8. The van der Waals surface area contributed by atoms with E-state index in [1.807, 2.05) is 26.8 Å². The van der Waals surface area contributed by atoms with Gasteiger partial charge in [0.05, 0.1) is 17.4 Å². The number of nitriles is 1. The summed E-state index contributed by atoms with van der Waals surface area (Å²) in [5.41, 5.74) is 4.05. The lowest BCUT2D eigenvalue weighted by Gasteiger charge is -2.41. The van der Waals surface area contributed by atoms with Crippen molar-refractivity contribution in [3.05, 3.63) is 52.7 Å². The Labute approximate surface area is 231 Å². The average Bonchev–Trinajstić information content (AvgIpc) is 3.28. The van der Waals surface area contributed by atoms with Crippen LogP contribution in [0.2, 0.25) is 0 Å². The van der Waals surface area contributed by atoms with E-state index in [4.69, 9.17) is 14.5 Å². The maximum atomic E-state index is 12.5. The zero-order valence-electron chi connectivity index (χ0n) is 23.6. The molecular weight excluding hydrogens is 492 g/mol. The molecule has 1 aromatic carbocycles. The van der Waals surface area contributed by atoms with Gasteiger partial charge in [-0.25, -0.2) is 9.78 Å². The van der Waals surface area contributed by atoms with Gasteiger partial charge in [0.15, 0.2) is 0 Å². The van der Waals surface area contributed by atoms with Crippen LogP contribution in [0.1, 0.15) is 56.0 Å². The predicted molar refractivity (Wildman–Crippen MR) is 150 cm³/mol. The minimum atomic E-state index is -0.529. The van der Waals surface area contributed by atoms with Gasteiger partial charge in [0.1, 0.15) is 23.8 Å². The van der Waals surface area contributed by atoms with Gasteiger partial charge >= 0.3 is 6.09 Å². The highest BCUT2D eigenvalue weighted by Gasteiger charge is 2.36. The maximum Gasteiger partial charge on any atom is 0.410 e. The minimum absolute atomic E-state index is 0.0345. The van der Waals surface area contributed by atoms with E-state index < -0.39 is 5.60 Å². The summed E-state index contributed by atoms with van der Waals surface area (Å²) in [6.07, 6.45) is 2.73. The second-order valence-corrected chi connectivity index (χ2v) is 12.0. The average molecular weight is 533 g/mol. The summed E-state index contributed by atoms with van der Waals surface area (Å²) in [7, 11) is 2.12. The summed E-state index contributed by atoms with van der Waals surface area (Å²) >= 11 is 0. The molecule has 39 heavy (non-hydrogen) atoms. The second-order valence-electron chi connectivity index (χ2n) is 12.0. The lowest BCUT2D eigenvalue weighted by atomic mass is 9.97. The molecule has 9 heteroatoms. The van der Waals surface area contributed by atoms with Crippen molar-refractivity contribution in [1.82, 2.24) is 19.7 Å². The third-order valence-corrected chi connectivity index (χ3v) is 7.73. The van der Waals surface area contributed by atoms with Crippen molar-refractivity contribution >= 4 is 11.8 Å². The Hall–Kier alpha value is -3.35. The molecule has 3 aliphatic heterocycles. The van der Waals surface area contributed by atoms with E-state index in [-0.39, 0.29) is 12.1 Å². The lowest BCUT2D eigenvalue weighted by Crippen LogP contribution is -2.58. The van der Waals surface area contributed by atoms with Gasteiger partial charge in [0.2, 0.25) is 5.88 Å². The molecule has 4 heterocycles. The normalized spacial score (nSPS) is 20.2. The lowest BCUT2D eigenvalue weighted by molar-refractivity contribution is 0.0105. The first kappa shape index (κ1) is 27.2. The molecule has 1 N–H and O–H groups in total. The highest BCUT2D eigenvalue weighted by molar-refractivity contribution is 5.71. The standard InChI is InChI=1S/C30H40N6O3/c1-30(2,3)39-29(37)36-17-22(18-36)32-27-24-12-14-35(16-21-9-6-5-7-10-21)19-26(24)33-28(25(27)15-31)38-20-23-11-8-13-34(23)4/h5-7,9-10,22-23H,8,11-14,16-20H2,1-4H3,(H,32,33)/t23-/m0/s1. The van der Waals surface area contributed by atoms with Crippen molar-refractivity contribution in [2.45, 2.75) is 70.8 Å². The first-order chi connectivity index (χ1) is 18.7. The number of ether oxygens (including phenoxy) is 2. The number of nitrogens with one attached hydrogen (secondary N) is 1. The van der Waals surface area contributed by atoms with E-state index in [0.717, 1.165) is 55.8 Å². The summed E-state index contributed by atoms with van der Waals surface area (Å²) in [5, 5.41) is 13.8. The Morgan fingerprint density at radius 2 is 1.97 bits per heavy atom. The fraction of sp³-hybridized carbons (Fsp3) is 0.567. The summed E-state index contributed by atoms with van der Waals surface area (Å²) in [4.78, 5) is 23.8. The number of pyridine rings is 1. The molecule has 0 unspecified atom stereocenters. The fourth-order valence-electron chi connectivity index (χ4n) is 5.57. The van der Waals surface area contributed by atoms with Gasteiger partial charge in [0.25, 0.3) is 0 Å². The molecule has 1 aromatic heterocycles. The number of fused-ring (bicyclic) bond motifs is 1. The fourth-order valence-corrected chi connectivity index (χ4v) is 5.57. The van der Waals surface area contributed by atoms with Crippen LogP contribution in [0.15, 0.2) is 30.3 Å². The number of benzene rings is 1. The van der Waals surface area contributed by atoms with Crippen molar-refractivity contribution in [2.24, 2.45) is 0 Å². The number of carbonyl (C=O) groups is 1. The van der Waals surface area contributed by atoms with Crippen LogP contribution in [0.4, 0.5) is 10.5 Å². The molecule has 2 fully saturated rings. The van der Waals surface area contributed by atoms with Gasteiger partial charge in [-0.3, -0.25) is 4.90 Å². The third-order valence-electron chi connectivity index (χ3n) is 7.73. The Balaban J connectivity index is 1.36. The summed E-state index contributed by atoms with van der Waals surface area (Å²) in [6.45, 7) is 10.7. The second kappa shape index (κ2) is 11.4. The van der Waals surface area contributed by atoms with Gasteiger partial charge in [-0.15, -0.1) is 0 Å². The zero-order chi connectivity index (χ0) is 27.6.